The Morgan fingerprint density at radius 2 is 1.73 bits per heavy atom. The molecule has 0 spiro atoms. The average Bonchev–Trinajstić information content (AvgIpc) is 3.20. The van der Waals surface area contributed by atoms with Crippen molar-refractivity contribution >= 4 is 22.8 Å². The fourth-order valence-electron chi connectivity index (χ4n) is 4.56. The van der Waals surface area contributed by atoms with Gasteiger partial charge in [-0.3, -0.25) is 4.98 Å². The molecule has 6 heteroatoms. The van der Waals surface area contributed by atoms with Gasteiger partial charge in [-0.15, -0.1) is 0 Å². The maximum Gasteiger partial charge on any atom is 0.123 e. The molecule has 3 N–H and O–H groups in total. The van der Waals surface area contributed by atoms with Gasteiger partial charge < -0.3 is 20.4 Å². The zero-order valence-corrected chi connectivity index (χ0v) is 19.0. The van der Waals surface area contributed by atoms with Gasteiger partial charge >= 0.3 is 0 Å². The van der Waals surface area contributed by atoms with Crippen LogP contribution < -0.4 is 5.73 Å². The standard InChI is InChI=1S/C25H23FN4O.C2H6/c26-19-1-3-20(4-2-19)30-23-13-18(15-27)22(28)14-21(23)24(16-5-9-29-10-6-16)25(30)17-7-11-31-12-8-17;1-2/h1-6,9-10,13-15,17,27H,7-8,11-12,28H2;1-2H3. The summed E-state index contributed by atoms with van der Waals surface area (Å²) in [5.41, 5.74) is 12.7. The van der Waals surface area contributed by atoms with Crippen molar-refractivity contribution in [3.8, 4) is 16.8 Å². The summed E-state index contributed by atoms with van der Waals surface area (Å²) in [6.07, 6.45) is 6.67. The van der Waals surface area contributed by atoms with Crippen LogP contribution in [0, 0.1) is 11.2 Å². The normalized spacial score (nSPS) is 14.0. The molecule has 5 nitrogen and oxygen atoms in total. The predicted octanol–water partition coefficient (Wildman–Crippen LogP) is 6.33. The van der Waals surface area contributed by atoms with Gasteiger partial charge in [-0.1, -0.05) is 13.8 Å². The first-order chi connectivity index (χ1) is 16.2. The van der Waals surface area contributed by atoms with Crippen molar-refractivity contribution in [1.29, 1.82) is 5.41 Å². The number of aromatic nitrogens is 2. The molecule has 4 aromatic rings. The number of pyridine rings is 1. The molecule has 0 saturated carbocycles. The van der Waals surface area contributed by atoms with Gasteiger partial charge in [0, 0.05) is 71.3 Å². The molecular weight excluding hydrogens is 415 g/mol. The molecule has 0 amide bonds. The number of fused-ring (bicyclic) bond motifs is 1. The number of hydrogen-bond acceptors (Lipinski definition) is 4. The van der Waals surface area contributed by atoms with Gasteiger partial charge in [0.05, 0.1) is 5.52 Å². The van der Waals surface area contributed by atoms with Crippen LogP contribution in [0.4, 0.5) is 10.1 Å². The lowest BCUT2D eigenvalue weighted by molar-refractivity contribution is 0.0843. The molecule has 170 valence electrons. The predicted molar refractivity (Wildman–Crippen MR) is 133 cm³/mol. The van der Waals surface area contributed by atoms with Crippen LogP contribution in [0.15, 0.2) is 60.9 Å². The molecule has 1 saturated heterocycles. The third kappa shape index (κ3) is 4.26. The highest BCUT2D eigenvalue weighted by Gasteiger charge is 2.28. The van der Waals surface area contributed by atoms with E-state index in [2.05, 4.69) is 9.55 Å². The molecule has 0 radical (unpaired) electrons. The number of nitrogens with two attached hydrogens (primary N) is 1. The Balaban J connectivity index is 0.00000126. The van der Waals surface area contributed by atoms with E-state index >= 15 is 0 Å². The zero-order valence-electron chi connectivity index (χ0n) is 19.0. The number of ether oxygens (including phenoxy) is 1. The quantitative estimate of drug-likeness (QED) is 0.285. The molecule has 0 bridgehead atoms. The summed E-state index contributed by atoms with van der Waals surface area (Å²) >= 11 is 0. The third-order valence-electron chi connectivity index (χ3n) is 6.03. The fourth-order valence-corrected chi connectivity index (χ4v) is 4.56. The van der Waals surface area contributed by atoms with E-state index in [9.17, 15) is 4.39 Å². The SMILES string of the molecule is CC.N=Cc1cc2c(cc1N)c(-c1ccncc1)c(C1CCOCC1)n2-c1ccc(F)cc1. The van der Waals surface area contributed by atoms with Crippen molar-refractivity contribution < 1.29 is 9.13 Å². The van der Waals surface area contributed by atoms with Crippen molar-refractivity contribution in [1.82, 2.24) is 9.55 Å². The van der Waals surface area contributed by atoms with Gasteiger partial charge in [0.1, 0.15) is 5.82 Å². The van der Waals surface area contributed by atoms with Crippen LogP contribution in [-0.4, -0.2) is 29.0 Å². The minimum atomic E-state index is -0.272. The van der Waals surface area contributed by atoms with E-state index in [4.69, 9.17) is 15.9 Å². The van der Waals surface area contributed by atoms with E-state index in [0.29, 0.717) is 24.5 Å². The summed E-state index contributed by atoms with van der Waals surface area (Å²) in [5, 5.41) is 8.81. The van der Waals surface area contributed by atoms with E-state index < -0.39 is 0 Å². The van der Waals surface area contributed by atoms with Crippen molar-refractivity contribution in [2.75, 3.05) is 18.9 Å². The molecule has 1 aliphatic heterocycles. The van der Waals surface area contributed by atoms with Gasteiger partial charge in [0.15, 0.2) is 0 Å². The minimum Gasteiger partial charge on any atom is -0.398 e. The van der Waals surface area contributed by atoms with Crippen molar-refractivity contribution in [2.24, 2.45) is 0 Å². The largest absolute Gasteiger partial charge is 0.398 e. The minimum absolute atomic E-state index is 0.272. The molecule has 1 aliphatic rings. The monoisotopic (exact) mass is 444 g/mol. The highest BCUT2D eigenvalue weighted by Crippen LogP contribution is 2.44. The molecule has 0 unspecified atom stereocenters. The summed E-state index contributed by atoms with van der Waals surface area (Å²) in [7, 11) is 0. The van der Waals surface area contributed by atoms with Gasteiger partial charge in [-0.05, 0) is 66.9 Å². The lowest BCUT2D eigenvalue weighted by atomic mass is 9.90. The second kappa shape index (κ2) is 9.96. The molecule has 33 heavy (non-hydrogen) atoms. The number of nitrogens with zero attached hydrogens (tertiary/aromatic N) is 2. The average molecular weight is 445 g/mol. The van der Waals surface area contributed by atoms with Crippen LogP contribution in [0.2, 0.25) is 0 Å². The zero-order chi connectivity index (χ0) is 23.4. The van der Waals surface area contributed by atoms with Crippen LogP contribution in [-0.2, 0) is 4.74 Å². The second-order valence-electron chi connectivity index (χ2n) is 7.84. The van der Waals surface area contributed by atoms with Crippen LogP contribution in [0.25, 0.3) is 27.7 Å². The Bertz CT molecular complexity index is 1240. The third-order valence-corrected chi connectivity index (χ3v) is 6.03. The first kappa shape index (κ1) is 22.7. The summed E-state index contributed by atoms with van der Waals surface area (Å²) in [4.78, 5) is 4.19. The smallest absolute Gasteiger partial charge is 0.123 e. The van der Waals surface area contributed by atoms with Gasteiger partial charge in [0.2, 0.25) is 0 Å². The summed E-state index contributed by atoms with van der Waals surface area (Å²) in [6.45, 7) is 5.42. The number of nitrogen functional groups attached to an aromatic ring is 1. The summed E-state index contributed by atoms with van der Waals surface area (Å²) in [5.74, 6) is 0.00522. The first-order valence-corrected chi connectivity index (χ1v) is 11.4. The van der Waals surface area contributed by atoms with Crippen LogP contribution in [0.5, 0.6) is 0 Å². The molecule has 1 fully saturated rings. The molecule has 2 aromatic heterocycles. The van der Waals surface area contributed by atoms with E-state index in [1.54, 1.807) is 24.5 Å². The molecule has 5 rings (SSSR count). The number of hydrogen-bond donors (Lipinski definition) is 2. The van der Waals surface area contributed by atoms with Crippen molar-refractivity contribution in [2.45, 2.75) is 32.6 Å². The molecule has 3 heterocycles. The summed E-state index contributed by atoms with van der Waals surface area (Å²) < 4.78 is 21.6. The Hall–Kier alpha value is -3.51. The molecule has 2 aromatic carbocycles. The van der Waals surface area contributed by atoms with E-state index in [-0.39, 0.29) is 11.7 Å². The number of rotatable bonds is 4. The van der Waals surface area contributed by atoms with Gasteiger partial charge in [-0.2, -0.15) is 0 Å². The maximum absolute atomic E-state index is 13.7. The molecule has 0 atom stereocenters. The van der Waals surface area contributed by atoms with E-state index in [1.807, 2.05) is 38.1 Å². The Kier molecular flexibility index (Phi) is 6.84. The fraction of sp³-hybridized carbons (Fsp3) is 0.259. The van der Waals surface area contributed by atoms with Crippen molar-refractivity contribution in [3.63, 3.8) is 0 Å². The topological polar surface area (TPSA) is 76.9 Å². The highest BCUT2D eigenvalue weighted by atomic mass is 19.1. The lowest BCUT2D eigenvalue weighted by Crippen LogP contribution is -2.17. The van der Waals surface area contributed by atoms with E-state index in [1.165, 1.54) is 18.3 Å². The maximum atomic E-state index is 13.7. The molecule has 0 aliphatic carbocycles. The van der Waals surface area contributed by atoms with Gasteiger partial charge in [-0.25, -0.2) is 4.39 Å². The van der Waals surface area contributed by atoms with Gasteiger partial charge in [0.25, 0.3) is 0 Å². The number of halogens is 1. The highest BCUT2D eigenvalue weighted by molar-refractivity contribution is 6.04. The first-order valence-electron chi connectivity index (χ1n) is 11.4. The number of benzene rings is 2. The number of anilines is 1. The number of nitrogens with one attached hydrogen (secondary N) is 1. The summed E-state index contributed by atoms with van der Waals surface area (Å²) in [6, 6.07) is 14.5. The molecular formula is C27H29FN4O. The van der Waals surface area contributed by atoms with Crippen LogP contribution in [0.3, 0.4) is 0 Å². The van der Waals surface area contributed by atoms with Crippen molar-refractivity contribution in [3.05, 3.63) is 78.0 Å². The lowest BCUT2D eigenvalue weighted by Gasteiger charge is -2.25. The van der Waals surface area contributed by atoms with Crippen LogP contribution >= 0.6 is 0 Å². The second-order valence-corrected chi connectivity index (χ2v) is 7.84. The van der Waals surface area contributed by atoms with E-state index in [0.717, 1.165) is 46.3 Å². The Labute approximate surface area is 193 Å². The Morgan fingerprint density at radius 1 is 1.06 bits per heavy atom. The Morgan fingerprint density at radius 3 is 2.36 bits per heavy atom. The van der Waals surface area contributed by atoms with Crippen LogP contribution in [0.1, 0.15) is 43.9 Å².